The van der Waals surface area contributed by atoms with E-state index in [9.17, 15) is 14.4 Å². The maximum absolute atomic E-state index is 12.3. The number of benzene rings is 1. The largest absolute Gasteiger partial charge is 0.347 e. The molecule has 0 aliphatic rings. The van der Waals surface area contributed by atoms with Gasteiger partial charge in [-0.1, -0.05) is 26.0 Å². The van der Waals surface area contributed by atoms with E-state index in [1.54, 1.807) is 24.3 Å². The third kappa shape index (κ3) is 6.93. The van der Waals surface area contributed by atoms with Crippen LogP contribution in [0.3, 0.4) is 0 Å². The zero-order valence-electron chi connectivity index (χ0n) is 15.5. The smallest absolute Gasteiger partial charge is 0.253 e. The number of nitrogens with two attached hydrogens (primary N) is 1. The van der Waals surface area contributed by atoms with Crippen molar-refractivity contribution < 1.29 is 14.4 Å². The number of hydrogen-bond acceptors (Lipinski definition) is 4. The molecule has 0 saturated heterocycles. The van der Waals surface area contributed by atoms with Gasteiger partial charge in [0, 0.05) is 5.54 Å². The number of anilines is 1. The van der Waals surface area contributed by atoms with Gasteiger partial charge in [-0.15, -0.1) is 0 Å². The average Bonchev–Trinajstić information content (AvgIpc) is 2.50. The molecule has 0 aliphatic carbocycles. The second kappa shape index (κ2) is 8.62. The van der Waals surface area contributed by atoms with E-state index in [1.165, 1.54) is 0 Å². The summed E-state index contributed by atoms with van der Waals surface area (Å²) in [6.45, 7) is 9.07. The number of hydrogen-bond donors (Lipinski definition) is 4. The van der Waals surface area contributed by atoms with E-state index in [4.69, 9.17) is 5.73 Å². The summed E-state index contributed by atoms with van der Waals surface area (Å²) in [5.41, 5.74) is 6.07. The van der Waals surface area contributed by atoms with Crippen molar-refractivity contribution in [3.8, 4) is 0 Å². The fraction of sp³-hybridized carbons (Fsp3) is 0.500. The summed E-state index contributed by atoms with van der Waals surface area (Å²) in [6.07, 6.45) is 0. The SMILES string of the molecule is CC(C)[C@H](N)C(=O)NCC(=O)Nc1ccccc1C(=O)NC(C)(C)C. The molecule has 0 aliphatic heterocycles. The molecule has 1 atom stereocenters. The molecule has 0 unspecified atom stereocenters. The number of carbonyl (C=O) groups excluding carboxylic acids is 3. The molecule has 0 saturated carbocycles. The second-order valence-corrected chi connectivity index (χ2v) is 7.29. The molecule has 7 heteroatoms. The fourth-order valence-corrected chi connectivity index (χ4v) is 1.98. The molecule has 7 nitrogen and oxygen atoms in total. The Morgan fingerprint density at radius 2 is 1.72 bits per heavy atom. The Labute approximate surface area is 148 Å². The Kier molecular flexibility index (Phi) is 7.11. The molecule has 138 valence electrons. The Bertz CT molecular complexity index is 635. The quantitative estimate of drug-likeness (QED) is 0.619. The lowest BCUT2D eigenvalue weighted by Gasteiger charge is -2.21. The normalized spacial score (nSPS) is 12.4. The van der Waals surface area contributed by atoms with Gasteiger partial charge in [0.1, 0.15) is 0 Å². The molecule has 0 spiro atoms. The summed E-state index contributed by atoms with van der Waals surface area (Å²) in [6, 6.07) is 6.03. The molecule has 0 bridgehead atoms. The molecule has 0 radical (unpaired) electrons. The lowest BCUT2D eigenvalue weighted by Crippen LogP contribution is -2.46. The maximum atomic E-state index is 12.3. The molecule has 25 heavy (non-hydrogen) atoms. The number of amides is 3. The van der Waals surface area contributed by atoms with Gasteiger partial charge < -0.3 is 21.7 Å². The second-order valence-electron chi connectivity index (χ2n) is 7.29. The van der Waals surface area contributed by atoms with Crippen LogP contribution >= 0.6 is 0 Å². The van der Waals surface area contributed by atoms with Crippen LogP contribution < -0.4 is 21.7 Å². The van der Waals surface area contributed by atoms with E-state index in [0.29, 0.717) is 11.3 Å². The zero-order valence-corrected chi connectivity index (χ0v) is 15.5. The van der Waals surface area contributed by atoms with Gasteiger partial charge >= 0.3 is 0 Å². The zero-order chi connectivity index (χ0) is 19.2. The van der Waals surface area contributed by atoms with E-state index in [2.05, 4.69) is 16.0 Å². The van der Waals surface area contributed by atoms with Gasteiger partial charge in [-0.3, -0.25) is 14.4 Å². The van der Waals surface area contributed by atoms with Crippen molar-refractivity contribution in [2.24, 2.45) is 11.7 Å². The van der Waals surface area contributed by atoms with Gasteiger partial charge in [-0.25, -0.2) is 0 Å². The van der Waals surface area contributed by atoms with Crippen molar-refractivity contribution in [3.63, 3.8) is 0 Å². The number of nitrogens with one attached hydrogen (secondary N) is 3. The van der Waals surface area contributed by atoms with Crippen LogP contribution in [0.2, 0.25) is 0 Å². The lowest BCUT2D eigenvalue weighted by molar-refractivity contribution is -0.125. The Morgan fingerprint density at radius 1 is 1.12 bits per heavy atom. The highest BCUT2D eigenvalue weighted by Gasteiger charge is 2.20. The van der Waals surface area contributed by atoms with E-state index in [0.717, 1.165) is 0 Å². The minimum absolute atomic E-state index is 0.0233. The van der Waals surface area contributed by atoms with Crippen molar-refractivity contribution in [2.75, 3.05) is 11.9 Å². The highest BCUT2D eigenvalue weighted by atomic mass is 16.2. The monoisotopic (exact) mass is 348 g/mol. The van der Waals surface area contributed by atoms with Crippen LogP contribution in [0.5, 0.6) is 0 Å². The highest BCUT2D eigenvalue weighted by Crippen LogP contribution is 2.16. The Morgan fingerprint density at radius 3 is 2.28 bits per heavy atom. The molecule has 0 fully saturated rings. The fourth-order valence-electron chi connectivity index (χ4n) is 1.98. The van der Waals surface area contributed by atoms with E-state index in [1.807, 2.05) is 34.6 Å². The third-order valence-electron chi connectivity index (χ3n) is 3.38. The van der Waals surface area contributed by atoms with Gasteiger partial charge in [0.05, 0.1) is 23.8 Å². The molecular weight excluding hydrogens is 320 g/mol. The maximum Gasteiger partial charge on any atom is 0.253 e. The summed E-state index contributed by atoms with van der Waals surface area (Å²) in [5.74, 6) is -1.12. The van der Waals surface area contributed by atoms with Crippen LogP contribution in [0.1, 0.15) is 45.0 Å². The van der Waals surface area contributed by atoms with Gasteiger partial charge in [-0.2, -0.15) is 0 Å². The predicted molar refractivity (Wildman–Crippen MR) is 98.1 cm³/mol. The van der Waals surface area contributed by atoms with Gasteiger partial charge in [0.15, 0.2) is 0 Å². The molecule has 5 N–H and O–H groups in total. The molecule has 1 rings (SSSR count). The van der Waals surface area contributed by atoms with Crippen molar-refractivity contribution in [3.05, 3.63) is 29.8 Å². The van der Waals surface area contributed by atoms with Crippen molar-refractivity contribution in [2.45, 2.75) is 46.2 Å². The summed E-state index contributed by atoms with van der Waals surface area (Å²) < 4.78 is 0. The number of rotatable bonds is 6. The van der Waals surface area contributed by atoms with Gasteiger partial charge in [0.2, 0.25) is 11.8 Å². The minimum Gasteiger partial charge on any atom is -0.347 e. The highest BCUT2D eigenvalue weighted by molar-refractivity contribution is 6.04. The first-order valence-corrected chi connectivity index (χ1v) is 8.26. The Hall–Kier alpha value is -2.41. The summed E-state index contributed by atoms with van der Waals surface area (Å²) in [5, 5.41) is 7.99. The molecule has 3 amide bonds. The predicted octanol–water partition coefficient (Wildman–Crippen LogP) is 1.25. The summed E-state index contributed by atoms with van der Waals surface area (Å²) in [4.78, 5) is 36.2. The van der Waals surface area contributed by atoms with Gasteiger partial charge in [-0.05, 0) is 38.8 Å². The van der Waals surface area contributed by atoms with E-state index in [-0.39, 0.29) is 24.3 Å². The number of carbonyl (C=O) groups is 3. The van der Waals surface area contributed by atoms with E-state index < -0.39 is 17.5 Å². The third-order valence-corrected chi connectivity index (χ3v) is 3.38. The molecule has 0 heterocycles. The molecule has 1 aromatic rings. The Balaban J connectivity index is 2.72. The van der Waals surface area contributed by atoms with Crippen molar-refractivity contribution >= 4 is 23.4 Å². The minimum atomic E-state index is -0.669. The van der Waals surface area contributed by atoms with Crippen LogP contribution in [0.15, 0.2) is 24.3 Å². The van der Waals surface area contributed by atoms with E-state index >= 15 is 0 Å². The average molecular weight is 348 g/mol. The molecule has 0 aromatic heterocycles. The standard InChI is InChI=1S/C18H28N4O3/c1-11(2)15(19)17(25)20-10-14(23)21-13-9-7-6-8-12(13)16(24)22-18(3,4)5/h6-9,11,15H,10,19H2,1-5H3,(H,20,25)(H,21,23)(H,22,24)/t15-/m0/s1. The van der Waals surface area contributed by atoms with Crippen LogP contribution in [0, 0.1) is 5.92 Å². The van der Waals surface area contributed by atoms with Gasteiger partial charge in [0.25, 0.3) is 5.91 Å². The summed E-state index contributed by atoms with van der Waals surface area (Å²) >= 11 is 0. The first kappa shape index (κ1) is 20.6. The van der Waals surface area contributed by atoms with Crippen LogP contribution in [0.4, 0.5) is 5.69 Å². The first-order valence-electron chi connectivity index (χ1n) is 8.26. The van der Waals surface area contributed by atoms with Crippen LogP contribution in [0.25, 0.3) is 0 Å². The summed E-state index contributed by atoms with van der Waals surface area (Å²) in [7, 11) is 0. The van der Waals surface area contributed by atoms with Crippen LogP contribution in [-0.2, 0) is 9.59 Å². The van der Waals surface area contributed by atoms with Crippen molar-refractivity contribution in [1.29, 1.82) is 0 Å². The van der Waals surface area contributed by atoms with Crippen molar-refractivity contribution in [1.82, 2.24) is 10.6 Å². The molecular formula is C18H28N4O3. The lowest BCUT2D eigenvalue weighted by atomic mass is 10.1. The topological polar surface area (TPSA) is 113 Å². The van der Waals surface area contributed by atoms with Crippen LogP contribution in [-0.4, -0.2) is 35.8 Å². The first-order chi connectivity index (χ1) is 11.5. The number of para-hydroxylation sites is 1. The molecule has 1 aromatic carbocycles.